The van der Waals surface area contributed by atoms with Crippen LogP contribution in [0.3, 0.4) is 0 Å². The van der Waals surface area contributed by atoms with E-state index in [1.807, 2.05) is 0 Å². The Hall–Kier alpha value is -0.650. The summed E-state index contributed by atoms with van der Waals surface area (Å²) < 4.78 is 0. The van der Waals surface area contributed by atoms with Gasteiger partial charge in [-0.25, -0.2) is 5.90 Å². The average Bonchev–Trinajstić information content (AvgIpc) is 2.15. The number of piperazine rings is 1. The Labute approximate surface area is 72.0 Å². The molecule has 1 rings (SSSR count). The van der Waals surface area contributed by atoms with Crippen molar-refractivity contribution in [2.24, 2.45) is 5.90 Å². The Bertz CT molecular complexity index is 135. The van der Waals surface area contributed by atoms with Gasteiger partial charge in [-0.1, -0.05) is 0 Å². The van der Waals surface area contributed by atoms with Gasteiger partial charge in [-0.2, -0.15) is 0 Å². The minimum atomic E-state index is 0.557. The fourth-order valence-corrected chi connectivity index (χ4v) is 1.27. The molecule has 5 heteroatoms. The highest BCUT2D eigenvalue weighted by Crippen LogP contribution is 1.97. The molecule has 2 N–H and O–H groups in total. The molecule has 12 heavy (non-hydrogen) atoms. The number of hydrogen-bond donors (Lipinski definition) is 1. The number of hydrogen-bond acceptors (Lipinski definition) is 4. The lowest BCUT2D eigenvalue weighted by atomic mass is 10.3. The third-order valence-corrected chi connectivity index (χ3v) is 2.08. The van der Waals surface area contributed by atoms with Crippen molar-refractivity contribution in [2.45, 2.75) is 0 Å². The summed E-state index contributed by atoms with van der Waals surface area (Å²) in [5.74, 6) is 4.91. The van der Waals surface area contributed by atoms with Gasteiger partial charge in [0.15, 0.2) is 0 Å². The van der Waals surface area contributed by atoms with Gasteiger partial charge in [-0.15, -0.1) is 0 Å². The van der Waals surface area contributed by atoms with E-state index in [-0.39, 0.29) is 0 Å². The summed E-state index contributed by atoms with van der Waals surface area (Å²) in [5.41, 5.74) is 0. The summed E-state index contributed by atoms with van der Waals surface area (Å²) in [6.45, 7) is 4.87. The molecule has 0 aromatic heterocycles. The zero-order valence-electron chi connectivity index (χ0n) is 7.11. The average molecular weight is 173 g/mol. The summed E-state index contributed by atoms with van der Waals surface area (Å²) in [6.07, 6.45) is 0.900. The number of rotatable bonds is 4. The lowest BCUT2D eigenvalue weighted by Gasteiger charge is -2.32. The van der Waals surface area contributed by atoms with Crippen LogP contribution in [0, 0.1) is 0 Å². The first kappa shape index (κ1) is 9.44. The predicted molar refractivity (Wildman–Crippen MR) is 44.2 cm³/mol. The summed E-state index contributed by atoms with van der Waals surface area (Å²) in [6, 6.07) is 0. The summed E-state index contributed by atoms with van der Waals surface area (Å²) in [7, 11) is 0. The number of nitrogens with zero attached hydrogens (tertiary/aromatic N) is 2. The van der Waals surface area contributed by atoms with Crippen LogP contribution in [0.15, 0.2) is 0 Å². The lowest BCUT2D eigenvalue weighted by Crippen LogP contribution is -2.46. The number of amides is 1. The highest BCUT2D eigenvalue weighted by atomic mass is 16.6. The van der Waals surface area contributed by atoms with Crippen LogP contribution in [-0.4, -0.2) is 55.5 Å². The Kier molecular flexibility index (Phi) is 3.99. The first-order valence-electron chi connectivity index (χ1n) is 4.10. The van der Waals surface area contributed by atoms with Crippen molar-refractivity contribution in [3.8, 4) is 0 Å². The van der Waals surface area contributed by atoms with Crippen molar-refractivity contribution in [2.75, 3.05) is 39.3 Å². The molecule has 0 saturated carbocycles. The Morgan fingerprint density at radius 2 is 2.00 bits per heavy atom. The Morgan fingerprint density at radius 3 is 2.50 bits per heavy atom. The summed E-state index contributed by atoms with van der Waals surface area (Å²) >= 11 is 0. The van der Waals surface area contributed by atoms with Crippen molar-refractivity contribution < 1.29 is 9.63 Å². The van der Waals surface area contributed by atoms with E-state index in [0.717, 1.165) is 39.1 Å². The summed E-state index contributed by atoms with van der Waals surface area (Å²) in [4.78, 5) is 18.8. The van der Waals surface area contributed by atoms with Crippen molar-refractivity contribution in [3.63, 3.8) is 0 Å². The molecule has 1 saturated heterocycles. The smallest absolute Gasteiger partial charge is 0.209 e. The first-order chi connectivity index (χ1) is 5.86. The van der Waals surface area contributed by atoms with Gasteiger partial charge in [0.05, 0.1) is 6.61 Å². The van der Waals surface area contributed by atoms with Gasteiger partial charge < -0.3 is 9.74 Å². The molecule has 0 unspecified atom stereocenters. The lowest BCUT2D eigenvalue weighted by molar-refractivity contribution is -0.119. The topological polar surface area (TPSA) is 58.8 Å². The maximum Gasteiger partial charge on any atom is 0.209 e. The van der Waals surface area contributed by atoms with Crippen molar-refractivity contribution >= 4 is 6.41 Å². The van der Waals surface area contributed by atoms with Gasteiger partial charge in [-0.05, 0) is 0 Å². The van der Waals surface area contributed by atoms with Crippen LogP contribution in [0.2, 0.25) is 0 Å². The van der Waals surface area contributed by atoms with E-state index in [0.29, 0.717) is 6.61 Å². The molecule has 1 heterocycles. The molecule has 0 spiro atoms. The molecule has 0 aromatic rings. The molecule has 0 aromatic carbocycles. The fourth-order valence-electron chi connectivity index (χ4n) is 1.27. The molecule has 70 valence electrons. The van der Waals surface area contributed by atoms with Crippen molar-refractivity contribution in [3.05, 3.63) is 0 Å². The second-order valence-electron chi connectivity index (χ2n) is 2.85. The van der Waals surface area contributed by atoms with Crippen molar-refractivity contribution in [1.29, 1.82) is 0 Å². The standard InChI is InChI=1S/C7H15N3O2/c8-12-6-5-9-1-3-10(7-11)4-2-9/h7H,1-6,8H2. The van der Waals surface area contributed by atoms with Gasteiger partial charge in [0.2, 0.25) is 6.41 Å². The maximum atomic E-state index is 10.3. The van der Waals surface area contributed by atoms with Gasteiger partial charge in [0.1, 0.15) is 0 Å². The normalized spacial score (nSPS) is 19.6. The zero-order chi connectivity index (χ0) is 8.81. The van der Waals surface area contributed by atoms with E-state index in [1.54, 1.807) is 4.90 Å². The molecule has 1 aliphatic heterocycles. The number of nitrogens with two attached hydrogens (primary N) is 1. The Morgan fingerprint density at radius 1 is 1.33 bits per heavy atom. The van der Waals surface area contributed by atoms with Crippen LogP contribution in [-0.2, 0) is 9.63 Å². The second kappa shape index (κ2) is 5.08. The molecule has 0 radical (unpaired) electrons. The third kappa shape index (κ3) is 2.77. The SMILES string of the molecule is NOCCN1CCN(C=O)CC1. The van der Waals surface area contributed by atoms with Crippen LogP contribution in [0.4, 0.5) is 0 Å². The molecule has 5 nitrogen and oxygen atoms in total. The van der Waals surface area contributed by atoms with E-state index < -0.39 is 0 Å². The van der Waals surface area contributed by atoms with E-state index in [9.17, 15) is 4.79 Å². The maximum absolute atomic E-state index is 10.3. The van der Waals surface area contributed by atoms with E-state index in [2.05, 4.69) is 9.74 Å². The quantitative estimate of drug-likeness (QED) is 0.422. The van der Waals surface area contributed by atoms with Crippen LogP contribution in [0.5, 0.6) is 0 Å². The number of carbonyl (C=O) groups excluding carboxylic acids is 1. The van der Waals surface area contributed by atoms with E-state index in [1.165, 1.54) is 0 Å². The Balaban J connectivity index is 2.12. The summed E-state index contributed by atoms with van der Waals surface area (Å²) in [5, 5.41) is 0. The molecule has 0 bridgehead atoms. The monoisotopic (exact) mass is 173 g/mol. The first-order valence-corrected chi connectivity index (χ1v) is 4.10. The zero-order valence-corrected chi connectivity index (χ0v) is 7.11. The van der Waals surface area contributed by atoms with Gasteiger partial charge >= 0.3 is 0 Å². The highest BCUT2D eigenvalue weighted by Gasteiger charge is 2.14. The molecule has 0 aliphatic carbocycles. The molecule has 1 aliphatic rings. The van der Waals surface area contributed by atoms with Crippen LogP contribution in [0.25, 0.3) is 0 Å². The fraction of sp³-hybridized carbons (Fsp3) is 0.857. The molecule has 1 fully saturated rings. The molecule has 0 atom stereocenters. The predicted octanol–water partition coefficient (Wildman–Crippen LogP) is -1.35. The van der Waals surface area contributed by atoms with Gasteiger partial charge in [-0.3, -0.25) is 9.69 Å². The van der Waals surface area contributed by atoms with Gasteiger partial charge in [0, 0.05) is 32.7 Å². The number of carbonyl (C=O) groups is 1. The van der Waals surface area contributed by atoms with E-state index >= 15 is 0 Å². The van der Waals surface area contributed by atoms with Crippen molar-refractivity contribution in [1.82, 2.24) is 9.80 Å². The van der Waals surface area contributed by atoms with Crippen LogP contribution < -0.4 is 5.90 Å². The third-order valence-electron chi connectivity index (χ3n) is 2.08. The largest absolute Gasteiger partial charge is 0.343 e. The molecular formula is C7H15N3O2. The van der Waals surface area contributed by atoms with E-state index in [4.69, 9.17) is 5.90 Å². The molecule has 1 amide bonds. The highest BCUT2D eigenvalue weighted by molar-refractivity contribution is 5.47. The van der Waals surface area contributed by atoms with Crippen LogP contribution >= 0.6 is 0 Å². The second-order valence-corrected chi connectivity index (χ2v) is 2.85. The van der Waals surface area contributed by atoms with Crippen LogP contribution in [0.1, 0.15) is 0 Å². The minimum Gasteiger partial charge on any atom is -0.343 e. The minimum absolute atomic E-state index is 0.557. The molecular weight excluding hydrogens is 158 g/mol. The van der Waals surface area contributed by atoms with Gasteiger partial charge in [0.25, 0.3) is 0 Å².